The Morgan fingerprint density at radius 2 is 2.15 bits per heavy atom. The zero-order valence-electron chi connectivity index (χ0n) is 7.45. The first-order valence-corrected chi connectivity index (χ1v) is 5.80. The van der Waals surface area contributed by atoms with E-state index in [-0.39, 0.29) is 11.5 Å². The fourth-order valence-electron chi connectivity index (χ4n) is 1.11. The molecule has 4 nitrogen and oxygen atoms in total. The molecule has 0 aromatic carbocycles. The maximum Gasteiger partial charge on any atom is 0.333 e. The number of rotatable bonds is 2. The number of ether oxygens (including phenoxy) is 1. The van der Waals surface area contributed by atoms with Crippen molar-refractivity contribution in [1.29, 1.82) is 0 Å². The van der Waals surface area contributed by atoms with Gasteiger partial charge < -0.3 is 4.74 Å². The average molecular weight is 204 g/mol. The molecule has 0 aromatic rings. The topological polar surface area (TPSA) is 60.4 Å². The fourth-order valence-corrected chi connectivity index (χ4v) is 2.70. The normalized spacial score (nSPS) is 25.5. The SMILES string of the molecule is C=C(C)C(=O)O[C@H]1CCS(=O)(=O)C1. The Morgan fingerprint density at radius 1 is 1.54 bits per heavy atom. The Morgan fingerprint density at radius 3 is 2.54 bits per heavy atom. The van der Waals surface area contributed by atoms with Crippen LogP contribution in [0.5, 0.6) is 0 Å². The maximum absolute atomic E-state index is 11.0. The number of sulfone groups is 1. The predicted octanol–water partition coefficient (Wildman–Crippen LogP) is 0.293. The lowest BCUT2D eigenvalue weighted by atomic mass is 10.3. The molecule has 1 atom stereocenters. The Bertz CT molecular complexity index is 328. The van der Waals surface area contributed by atoms with Crippen LogP contribution in [-0.2, 0) is 19.4 Å². The van der Waals surface area contributed by atoms with E-state index in [1.165, 1.54) is 6.92 Å². The van der Waals surface area contributed by atoms with Gasteiger partial charge in [-0.1, -0.05) is 6.58 Å². The van der Waals surface area contributed by atoms with Gasteiger partial charge in [0.1, 0.15) is 6.10 Å². The minimum absolute atomic E-state index is 0.0496. The molecule has 0 unspecified atom stereocenters. The van der Waals surface area contributed by atoms with Crippen LogP contribution in [0.25, 0.3) is 0 Å². The van der Waals surface area contributed by atoms with Crippen LogP contribution in [0.4, 0.5) is 0 Å². The molecular formula is C8H12O4S. The number of carbonyl (C=O) groups is 1. The molecular weight excluding hydrogens is 192 g/mol. The summed E-state index contributed by atoms with van der Waals surface area (Å²) in [5.74, 6) is -0.449. The third kappa shape index (κ3) is 2.84. The van der Waals surface area contributed by atoms with E-state index in [2.05, 4.69) is 6.58 Å². The summed E-state index contributed by atoms with van der Waals surface area (Å²) in [4.78, 5) is 11.0. The first-order valence-electron chi connectivity index (χ1n) is 3.97. The second-order valence-corrected chi connectivity index (χ2v) is 5.44. The lowest BCUT2D eigenvalue weighted by Gasteiger charge is -2.09. The molecule has 0 spiro atoms. The Kier molecular flexibility index (Phi) is 2.75. The quantitative estimate of drug-likeness (QED) is 0.479. The van der Waals surface area contributed by atoms with Gasteiger partial charge in [0.15, 0.2) is 9.84 Å². The van der Waals surface area contributed by atoms with Crippen LogP contribution in [0.1, 0.15) is 13.3 Å². The standard InChI is InChI=1S/C8H12O4S/c1-6(2)8(9)12-7-3-4-13(10,11)5-7/h7H,1,3-5H2,2H3/t7-/m0/s1. The molecule has 0 aromatic heterocycles. The van der Waals surface area contributed by atoms with Gasteiger partial charge >= 0.3 is 5.97 Å². The molecule has 1 heterocycles. The van der Waals surface area contributed by atoms with E-state index in [1.54, 1.807) is 0 Å². The first-order chi connectivity index (χ1) is 5.91. The van der Waals surface area contributed by atoms with Crippen LogP contribution in [-0.4, -0.2) is 32.0 Å². The van der Waals surface area contributed by atoms with Crippen LogP contribution in [0.3, 0.4) is 0 Å². The molecule has 1 rings (SSSR count). The summed E-state index contributed by atoms with van der Waals surface area (Å²) in [5.41, 5.74) is 0.296. The molecule has 0 bridgehead atoms. The predicted molar refractivity (Wildman–Crippen MR) is 48.0 cm³/mol. The number of hydrogen-bond acceptors (Lipinski definition) is 4. The lowest BCUT2D eigenvalue weighted by molar-refractivity contribution is -0.142. The van der Waals surface area contributed by atoms with Crippen LogP contribution in [0.15, 0.2) is 12.2 Å². The van der Waals surface area contributed by atoms with Crippen molar-refractivity contribution in [2.24, 2.45) is 0 Å². The summed E-state index contributed by atoms with van der Waals surface area (Å²) < 4.78 is 26.8. The largest absolute Gasteiger partial charge is 0.458 e. The lowest BCUT2D eigenvalue weighted by Crippen LogP contribution is -2.19. The molecule has 1 fully saturated rings. The molecule has 13 heavy (non-hydrogen) atoms. The summed E-state index contributed by atoms with van der Waals surface area (Å²) in [7, 11) is -2.97. The molecule has 1 saturated heterocycles. The molecule has 0 saturated carbocycles. The van der Waals surface area contributed by atoms with Crippen molar-refractivity contribution in [2.75, 3.05) is 11.5 Å². The Hall–Kier alpha value is -0.840. The van der Waals surface area contributed by atoms with E-state index in [0.29, 0.717) is 12.0 Å². The van der Waals surface area contributed by atoms with Gasteiger partial charge in [0.2, 0.25) is 0 Å². The van der Waals surface area contributed by atoms with Crippen LogP contribution in [0, 0.1) is 0 Å². The van der Waals surface area contributed by atoms with E-state index in [0.717, 1.165) is 0 Å². The van der Waals surface area contributed by atoms with Gasteiger partial charge in [-0.3, -0.25) is 0 Å². The summed E-state index contributed by atoms with van der Waals surface area (Å²) in [6.45, 7) is 4.94. The van der Waals surface area contributed by atoms with Crippen molar-refractivity contribution in [1.82, 2.24) is 0 Å². The monoisotopic (exact) mass is 204 g/mol. The van der Waals surface area contributed by atoms with E-state index in [9.17, 15) is 13.2 Å². The zero-order chi connectivity index (χ0) is 10.1. The van der Waals surface area contributed by atoms with Gasteiger partial charge in [0.05, 0.1) is 11.5 Å². The summed E-state index contributed by atoms with van der Waals surface area (Å²) >= 11 is 0. The minimum Gasteiger partial charge on any atom is -0.458 e. The van der Waals surface area contributed by atoms with Crippen molar-refractivity contribution < 1.29 is 17.9 Å². The van der Waals surface area contributed by atoms with E-state index in [4.69, 9.17) is 4.74 Å². The third-order valence-electron chi connectivity index (χ3n) is 1.81. The Balaban J connectivity index is 2.50. The third-order valence-corrected chi connectivity index (χ3v) is 3.55. The van der Waals surface area contributed by atoms with Crippen molar-refractivity contribution in [3.05, 3.63) is 12.2 Å². The average Bonchev–Trinajstić information content (AvgIpc) is 2.30. The van der Waals surface area contributed by atoms with E-state index < -0.39 is 21.9 Å². The van der Waals surface area contributed by atoms with Crippen LogP contribution in [0.2, 0.25) is 0 Å². The molecule has 1 aliphatic rings. The molecule has 0 amide bonds. The highest BCUT2D eigenvalue weighted by Crippen LogP contribution is 2.15. The highest BCUT2D eigenvalue weighted by molar-refractivity contribution is 7.91. The highest BCUT2D eigenvalue weighted by atomic mass is 32.2. The number of carbonyl (C=O) groups excluding carboxylic acids is 1. The number of esters is 1. The van der Waals surface area contributed by atoms with Gasteiger partial charge in [-0.05, 0) is 13.3 Å². The fraction of sp³-hybridized carbons (Fsp3) is 0.625. The smallest absolute Gasteiger partial charge is 0.333 e. The van der Waals surface area contributed by atoms with Crippen molar-refractivity contribution in [2.45, 2.75) is 19.4 Å². The van der Waals surface area contributed by atoms with Gasteiger partial charge in [0.25, 0.3) is 0 Å². The van der Waals surface area contributed by atoms with Crippen LogP contribution >= 0.6 is 0 Å². The van der Waals surface area contributed by atoms with Crippen molar-refractivity contribution in [3.63, 3.8) is 0 Å². The van der Waals surface area contributed by atoms with Crippen molar-refractivity contribution >= 4 is 15.8 Å². The van der Waals surface area contributed by atoms with Gasteiger partial charge in [-0.15, -0.1) is 0 Å². The summed E-state index contributed by atoms with van der Waals surface area (Å²) in [6.07, 6.45) is -0.0735. The second kappa shape index (κ2) is 3.49. The van der Waals surface area contributed by atoms with E-state index >= 15 is 0 Å². The van der Waals surface area contributed by atoms with Crippen LogP contribution < -0.4 is 0 Å². The molecule has 0 N–H and O–H groups in total. The molecule has 74 valence electrons. The second-order valence-electron chi connectivity index (χ2n) is 3.21. The molecule has 5 heteroatoms. The van der Waals surface area contributed by atoms with Crippen molar-refractivity contribution in [3.8, 4) is 0 Å². The minimum atomic E-state index is -2.97. The Labute approximate surface area is 77.5 Å². The van der Waals surface area contributed by atoms with Gasteiger partial charge in [0, 0.05) is 5.57 Å². The summed E-state index contributed by atoms with van der Waals surface area (Å²) in [5, 5.41) is 0. The molecule has 0 radical (unpaired) electrons. The van der Waals surface area contributed by atoms with Gasteiger partial charge in [-0.25, -0.2) is 13.2 Å². The highest BCUT2D eigenvalue weighted by Gasteiger charge is 2.30. The molecule has 1 aliphatic heterocycles. The van der Waals surface area contributed by atoms with E-state index in [1.807, 2.05) is 0 Å². The maximum atomic E-state index is 11.0. The summed E-state index contributed by atoms with van der Waals surface area (Å²) in [6, 6.07) is 0. The zero-order valence-corrected chi connectivity index (χ0v) is 8.26. The first kappa shape index (κ1) is 10.2. The number of hydrogen-bond donors (Lipinski definition) is 0. The molecule has 0 aliphatic carbocycles. The van der Waals surface area contributed by atoms with Gasteiger partial charge in [-0.2, -0.15) is 0 Å².